The highest BCUT2D eigenvalue weighted by molar-refractivity contribution is 5.90. The molecule has 0 aliphatic carbocycles. The Morgan fingerprint density at radius 3 is 2.21 bits per heavy atom. The van der Waals surface area contributed by atoms with Crippen molar-refractivity contribution >= 4 is 22.7 Å². The minimum atomic E-state index is -1.72. The lowest BCUT2D eigenvalue weighted by Gasteiger charge is -2.19. The Labute approximate surface area is 229 Å². The van der Waals surface area contributed by atoms with E-state index in [9.17, 15) is 9.59 Å². The van der Waals surface area contributed by atoms with Gasteiger partial charge in [0.25, 0.3) is 6.23 Å². The van der Waals surface area contributed by atoms with Crippen molar-refractivity contribution in [2.24, 2.45) is 0 Å². The van der Waals surface area contributed by atoms with Crippen LogP contribution in [0.5, 0.6) is 5.75 Å². The molecule has 4 atom stereocenters. The van der Waals surface area contributed by atoms with Gasteiger partial charge < -0.3 is 35.9 Å². The predicted octanol–water partition coefficient (Wildman–Crippen LogP) is 1.46. The lowest BCUT2D eigenvalue weighted by Crippen LogP contribution is -3.00. The maximum Gasteiger partial charge on any atom is 0.338 e. The van der Waals surface area contributed by atoms with Crippen LogP contribution >= 0.6 is 0 Å². The Kier molecular flexibility index (Phi) is 8.70. The number of carbonyl (C=O) groups excluding carboxylic acids is 2. The van der Waals surface area contributed by atoms with Crippen LogP contribution in [0.1, 0.15) is 26.9 Å². The molecular weight excluding hydrogens is 557 g/mol. The molecule has 38 heavy (non-hydrogen) atoms. The third kappa shape index (κ3) is 5.84. The molecule has 1 aromatic heterocycles. The van der Waals surface area contributed by atoms with Gasteiger partial charge in [0, 0.05) is 11.5 Å². The summed E-state index contributed by atoms with van der Waals surface area (Å²) in [6, 6.07) is 24.2. The molecule has 4 aromatic rings. The lowest BCUT2D eigenvalue weighted by atomic mass is 10.1. The number of hydrogen-bond donors (Lipinski definition) is 0. The number of esters is 2. The zero-order chi connectivity index (χ0) is 25.8. The minimum Gasteiger partial charge on any atom is -1.00 e. The van der Waals surface area contributed by atoms with E-state index < -0.39 is 36.5 Å². The maximum atomic E-state index is 15.9. The fourth-order valence-electron chi connectivity index (χ4n) is 4.26. The topological polar surface area (TPSA) is 74.9 Å². The monoisotopic (exact) mass is 581 g/mol. The summed E-state index contributed by atoms with van der Waals surface area (Å²) < 4.78 is 39.7. The second kappa shape index (κ2) is 12.1. The van der Waals surface area contributed by atoms with Gasteiger partial charge in [-0.2, -0.15) is 4.57 Å². The van der Waals surface area contributed by atoms with Crippen LogP contribution in [0.25, 0.3) is 10.8 Å². The molecule has 0 unspecified atom stereocenters. The SMILES string of the molecule is COc1ccc2cc[n+]([C@H]3O[C@H](COC(=O)c4ccccc4)[C@@H](OC(=O)c4ccccc4)[C@@H]3F)cc2c1.[Br-]. The third-order valence-electron chi connectivity index (χ3n) is 6.21. The lowest BCUT2D eigenvalue weighted by molar-refractivity contribution is -0.763. The van der Waals surface area contributed by atoms with Crippen LogP contribution in [0.2, 0.25) is 0 Å². The van der Waals surface area contributed by atoms with Gasteiger partial charge in [-0.1, -0.05) is 42.5 Å². The molecule has 2 heterocycles. The van der Waals surface area contributed by atoms with Crippen molar-refractivity contribution in [1.82, 2.24) is 0 Å². The number of methoxy groups -OCH3 is 1. The third-order valence-corrected chi connectivity index (χ3v) is 6.21. The molecule has 1 aliphatic heterocycles. The normalized spacial score (nSPS) is 20.4. The molecule has 9 heteroatoms. The van der Waals surface area contributed by atoms with E-state index in [0.717, 1.165) is 10.8 Å². The number of halogens is 2. The van der Waals surface area contributed by atoms with E-state index in [1.54, 1.807) is 84.7 Å². The molecule has 0 bridgehead atoms. The summed E-state index contributed by atoms with van der Waals surface area (Å²) in [5, 5.41) is 1.75. The average Bonchev–Trinajstić information content (AvgIpc) is 3.26. The van der Waals surface area contributed by atoms with Crippen LogP contribution in [-0.2, 0) is 14.2 Å². The van der Waals surface area contributed by atoms with E-state index in [4.69, 9.17) is 18.9 Å². The standard InChI is InChI=1S/C29H25FNO6.BrH/c1-34-23-13-12-19-14-15-31(17-22(19)16-23)27-25(30)26(37-29(33)21-10-6-3-7-11-21)24(36-27)18-35-28(32)20-8-4-2-5-9-20;/h2-17,24-27H,18H2,1H3;1H/q+1;/p-1/t24-,25+,26-,27+;/m1./s1. The van der Waals surface area contributed by atoms with Gasteiger partial charge in [0.05, 0.1) is 18.2 Å². The average molecular weight is 582 g/mol. The summed E-state index contributed by atoms with van der Waals surface area (Å²) in [7, 11) is 1.57. The Bertz CT molecular complexity index is 1400. The number of pyridine rings is 1. The fraction of sp³-hybridized carbons (Fsp3) is 0.207. The summed E-state index contributed by atoms with van der Waals surface area (Å²) in [6.07, 6.45) is -1.71. The first kappa shape index (κ1) is 27.2. The van der Waals surface area contributed by atoms with Crippen molar-refractivity contribution in [1.29, 1.82) is 0 Å². The molecule has 7 nitrogen and oxygen atoms in total. The summed E-state index contributed by atoms with van der Waals surface area (Å²) in [5.41, 5.74) is 0.633. The molecule has 1 saturated heterocycles. The Morgan fingerprint density at radius 2 is 1.55 bits per heavy atom. The molecule has 0 saturated carbocycles. The van der Waals surface area contributed by atoms with E-state index in [1.165, 1.54) is 0 Å². The molecule has 0 spiro atoms. The number of fused-ring (bicyclic) bond motifs is 1. The van der Waals surface area contributed by atoms with Gasteiger partial charge >= 0.3 is 11.9 Å². The van der Waals surface area contributed by atoms with Crippen LogP contribution in [0.4, 0.5) is 4.39 Å². The molecule has 0 radical (unpaired) electrons. The summed E-state index contributed by atoms with van der Waals surface area (Å²) >= 11 is 0. The number of alkyl halides is 1. The van der Waals surface area contributed by atoms with Crippen molar-refractivity contribution in [2.45, 2.75) is 24.6 Å². The molecule has 1 fully saturated rings. The Morgan fingerprint density at radius 1 is 0.895 bits per heavy atom. The second-order valence-corrected chi connectivity index (χ2v) is 8.60. The van der Waals surface area contributed by atoms with E-state index in [2.05, 4.69) is 0 Å². The maximum absolute atomic E-state index is 15.9. The minimum absolute atomic E-state index is 0. The smallest absolute Gasteiger partial charge is 0.338 e. The first-order valence-electron chi connectivity index (χ1n) is 11.8. The van der Waals surface area contributed by atoms with E-state index in [-0.39, 0.29) is 29.2 Å². The zero-order valence-electron chi connectivity index (χ0n) is 20.4. The molecule has 1 aliphatic rings. The van der Waals surface area contributed by atoms with E-state index in [1.807, 2.05) is 24.3 Å². The van der Waals surface area contributed by atoms with Crippen molar-refractivity contribution in [3.8, 4) is 5.75 Å². The molecule has 5 rings (SSSR count). The fourth-order valence-corrected chi connectivity index (χ4v) is 4.26. The highest BCUT2D eigenvalue weighted by Gasteiger charge is 2.53. The van der Waals surface area contributed by atoms with Crippen LogP contribution < -0.4 is 26.3 Å². The number of ether oxygens (including phenoxy) is 4. The second-order valence-electron chi connectivity index (χ2n) is 8.60. The summed E-state index contributed by atoms with van der Waals surface area (Å²) in [6.45, 7) is -0.292. The number of aromatic nitrogens is 1. The first-order valence-corrected chi connectivity index (χ1v) is 11.8. The molecular formula is C29H25BrFNO6. The van der Waals surface area contributed by atoms with Gasteiger partial charge in [-0.05, 0) is 41.8 Å². The zero-order valence-corrected chi connectivity index (χ0v) is 22.0. The van der Waals surface area contributed by atoms with Crippen LogP contribution in [0.15, 0.2) is 97.3 Å². The summed E-state index contributed by atoms with van der Waals surface area (Å²) in [4.78, 5) is 25.3. The quantitative estimate of drug-likeness (QED) is 0.243. The predicted molar refractivity (Wildman–Crippen MR) is 132 cm³/mol. The van der Waals surface area contributed by atoms with Gasteiger partial charge in [-0.25, -0.2) is 14.0 Å². The van der Waals surface area contributed by atoms with Gasteiger partial charge in [0.15, 0.2) is 18.5 Å². The molecule has 3 aromatic carbocycles. The van der Waals surface area contributed by atoms with Gasteiger partial charge in [0.1, 0.15) is 18.5 Å². The molecule has 196 valence electrons. The largest absolute Gasteiger partial charge is 1.00 e. The number of nitrogens with zero attached hydrogens (tertiary/aromatic N) is 1. The van der Waals surface area contributed by atoms with Crippen LogP contribution in [0, 0.1) is 0 Å². The van der Waals surface area contributed by atoms with Crippen LogP contribution in [-0.4, -0.2) is 44.0 Å². The van der Waals surface area contributed by atoms with Crippen molar-refractivity contribution in [3.63, 3.8) is 0 Å². The van der Waals surface area contributed by atoms with Crippen molar-refractivity contribution in [2.75, 3.05) is 13.7 Å². The number of benzene rings is 3. The van der Waals surface area contributed by atoms with Gasteiger partial charge in [-0.15, -0.1) is 0 Å². The van der Waals surface area contributed by atoms with Crippen LogP contribution in [0.3, 0.4) is 0 Å². The van der Waals surface area contributed by atoms with Crippen molar-refractivity contribution < 1.29 is 54.5 Å². The number of hydrogen-bond acceptors (Lipinski definition) is 6. The van der Waals surface area contributed by atoms with Gasteiger partial charge in [0.2, 0.25) is 6.17 Å². The highest BCUT2D eigenvalue weighted by Crippen LogP contribution is 2.32. The molecule has 0 N–H and O–H groups in total. The van der Waals surface area contributed by atoms with E-state index in [0.29, 0.717) is 11.3 Å². The van der Waals surface area contributed by atoms with Gasteiger partial charge in [-0.3, -0.25) is 0 Å². The molecule has 0 amide bonds. The summed E-state index contributed by atoms with van der Waals surface area (Å²) in [5.74, 6) is -0.610. The number of rotatable bonds is 7. The first-order chi connectivity index (χ1) is 18.0. The van der Waals surface area contributed by atoms with E-state index >= 15 is 4.39 Å². The Hall–Kier alpha value is -3.82. The van der Waals surface area contributed by atoms with Crippen molar-refractivity contribution in [3.05, 3.63) is 108 Å². The Balaban J connectivity index is 0.00000336. The number of carbonyl (C=O) groups is 2. The highest BCUT2D eigenvalue weighted by atomic mass is 79.9.